The van der Waals surface area contributed by atoms with Gasteiger partial charge >= 0.3 is 11.9 Å². The Morgan fingerprint density at radius 3 is 2.45 bits per heavy atom. The zero-order valence-corrected chi connectivity index (χ0v) is 21.8. The minimum Gasteiger partial charge on any atom is -0.478 e. The van der Waals surface area contributed by atoms with Gasteiger partial charge in [-0.3, -0.25) is 14.4 Å². The molecule has 0 bridgehead atoms. The van der Waals surface area contributed by atoms with Crippen LogP contribution in [0.5, 0.6) is 0 Å². The Morgan fingerprint density at radius 1 is 1.05 bits per heavy atom. The van der Waals surface area contributed by atoms with Gasteiger partial charge < -0.3 is 15.2 Å². The van der Waals surface area contributed by atoms with Gasteiger partial charge in [0.05, 0.1) is 29.1 Å². The number of carboxylic acid groups (broad SMARTS) is 1. The molecule has 9 nitrogen and oxygen atoms in total. The highest BCUT2D eigenvalue weighted by Crippen LogP contribution is 2.44. The lowest BCUT2D eigenvalue weighted by molar-refractivity contribution is -0.121. The maximum atomic E-state index is 13.3. The molecule has 1 aliphatic heterocycles. The van der Waals surface area contributed by atoms with Crippen LogP contribution in [0.4, 0.5) is 10.7 Å². The predicted molar refractivity (Wildman–Crippen MR) is 142 cm³/mol. The number of ether oxygens (including phenoxy) is 1. The van der Waals surface area contributed by atoms with E-state index < -0.39 is 23.1 Å². The average Bonchev–Trinajstić information content (AvgIpc) is 3.57. The number of carbonyl (C=O) groups is 5. The molecule has 0 spiro atoms. The summed E-state index contributed by atoms with van der Waals surface area (Å²) in [6, 6.07) is 12.6. The maximum Gasteiger partial charge on any atom is 0.341 e. The van der Waals surface area contributed by atoms with Gasteiger partial charge in [0.2, 0.25) is 11.8 Å². The van der Waals surface area contributed by atoms with Crippen LogP contribution in [-0.2, 0) is 27.2 Å². The molecule has 2 N–H and O–H groups in total. The fraction of sp³-hybridized carbons (Fsp3) is 0.222. The monoisotopic (exact) mass is 550 g/mol. The number of thiophene rings is 1. The first kappa shape index (κ1) is 25.7. The van der Waals surface area contributed by atoms with Gasteiger partial charge in [0.25, 0.3) is 5.91 Å². The molecule has 11 heteroatoms. The molecule has 3 amide bonds. The zero-order chi connectivity index (χ0) is 27.0. The summed E-state index contributed by atoms with van der Waals surface area (Å²) in [6.45, 7) is 0. The average molecular weight is 551 g/mol. The molecule has 194 valence electrons. The molecule has 1 saturated heterocycles. The van der Waals surface area contributed by atoms with Crippen LogP contribution in [0.2, 0.25) is 0 Å². The van der Waals surface area contributed by atoms with Gasteiger partial charge in [-0.1, -0.05) is 12.1 Å². The predicted octanol–water partition coefficient (Wildman–Crippen LogP) is 4.40. The van der Waals surface area contributed by atoms with Crippen molar-refractivity contribution in [2.75, 3.05) is 17.3 Å². The highest BCUT2D eigenvalue weighted by atomic mass is 32.2. The van der Waals surface area contributed by atoms with Crippen LogP contribution in [0.15, 0.2) is 53.4 Å². The lowest BCUT2D eigenvalue weighted by Gasteiger charge is -2.15. The van der Waals surface area contributed by atoms with Crippen molar-refractivity contribution in [2.45, 2.75) is 35.8 Å². The van der Waals surface area contributed by atoms with Crippen molar-refractivity contribution < 1.29 is 33.8 Å². The summed E-state index contributed by atoms with van der Waals surface area (Å²) in [7, 11) is 1.29. The van der Waals surface area contributed by atoms with Gasteiger partial charge in [-0.05, 0) is 61.2 Å². The fourth-order valence-electron chi connectivity index (χ4n) is 4.62. The van der Waals surface area contributed by atoms with E-state index in [1.165, 1.54) is 42.3 Å². The van der Waals surface area contributed by atoms with E-state index >= 15 is 0 Å². The molecular weight excluding hydrogens is 528 g/mol. The number of aromatic carboxylic acids is 1. The molecule has 2 aliphatic rings. The summed E-state index contributed by atoms with van der Waals surface area (Å²) in [5.41, 5.74) is 1.59. The molecule has 0 unspecified atom stereocenters. The van der Waals surface area contributed by atoms with Gasteiger partial charge in [-0.2, -0.15) is 0 Å². The molecule has 3 aromatic rings. The number of fused-ring (bicyclic) bond motifs is 1. The van der Waals surface area contributed by atoms with E-state index in [-0.39, 0.29) is 29.4 Å². The van der Waals surface area contributed by atoms with Crippen molar-refractivity contribution >= 4 is 63.4 Å². The zero-order valence-electron chi connectivity index (χ0n) is 20.2. The first-order chi connectivity index (χ1) is 18.3. The van der Waals surface area contributed by atoms with Crippen LogP contribution in [0.25, 0.3) is 0 Å². The number of carbonyl (C=O) groups excluding carboxylic acids is 4. The molecule has 1 aliphatic carbocycles. The lowest BCUT2D eigenvalue weighted by atomic mass is 10.1. The fourth-order valence-corrected chi connectivity index (χ4v) is 7.07. The number of rotatable bonds is 7. The molecule has 2 heterocycles. The summed E-state index contributed by atoms with van der Waals surface area (Å²) in [5, 5.41) is 11.7. The molecule has 1 fully saturated rings. The minimum atomic E-state index is -1.20. The number of amides is 3. The van der Waals surface area contributed by atoms with Crippen molar-refractivity contribution in [3.8, 4) is 0 Å². The number of esters is 1. The third-order valence-corrected chi connectivity index (χ3v) is 8.87. The maximum absolute atomic E-state index is 13.3. The number of benzene rings is 2. The molecular formula is C27H22N2O7S2. The molecule has 1 aromatic heterocycles. The second-order valence-corrected chi connectivity index (χ2v) is 11.1. The Bertz CT molecular complexity index is 1480. The van der Waals surface area contributed by atoms with Gasteiger partial charge in [0, 0.05) is 21.9 Å². The van der Waals surface area contributed by atoms with Crippen LogP contribution < -0.4 is 10.2 Å². The third kappa shape index (κ3) is 4.70. The standard InChI is InChI=1S/C27H22N2O7S2/c1-36-27(35)22-18-7-4-8-19(18)38-25(22)29-21(30)13-20(24(29)32)37-15-11-9-14(10-12-15)28-23(31)16-5-2-3-6-17(16)26(33)34/h2-3,5-6,9-12,20H,4,7-8,13H2,1H3,(H,28,31)(H,33,34)/t20-/m1/s1. The minimum absolute atomic E-state index is 0.00284. The molecule has 0 saturated carbocycles. The van der Waals surface area contributed by atoms with E-state index in [1.54, 1.807) is 36.4 Å². The van der Waals surface area contributed by atoms with Gasteiger partial charge in [0.1, 0.15) is 5.00 Å². The first-order valence-electron chi connectivity index (χ1n) is 11.8. The molecule has 38 heavy (non-hydrogen) atoms. The summed E-state index contributed by atoms with van der Waals surface area (Å²) in [4.78, 5) is 65.6. The number of methoxy groups -OCH3 is 1. The van der Waals surface area contributed by atoms with E-state index in [1.807, 2.05) is 0 Å². The van der Waals surface area contributed by atoms with Crippen LogP contribution in [0, 0.1) is 0 Å². The van der Waals surface area contributed by atoms with Gasteiger partial charge in [-0.15, -0.1) is 23.1 Å². The van der Waals surface area contributed by atoms with E-state index in [9.17, 15) is 29.1 Å². The number of imide groups is 1. The van der Waals surface area contributed by atoms with Crippen molar-refractivity contribution in [1.82, 2.24) is 0 Å². The summed E-state index contributed by atoms with van der Waals surface area (Å²) in [6.07, 6.45) is 2.45. The van der Waals surface area contributed by atoms with E-state index in [0.29, 0.717) is 21.1 Å². The SMILES string of the molecule is COC(=O)c1c(N2C(=O)C[C@@H](Sc3ccc(NC(=O)c4ccccc4C(=O)O)cc3)C2=O)sc2c1CCC2. The molecule has 0 radical (unpaired) electrons. The molecule has 5 rings (SSSR count). The van der Waals surface area contributed by atoms with E-state index in [4.69, 9.17) is 4.74 Å². The quantitative estimate of drug-likeness (QED) is 0.327. The highest BCUT2D eigenvalue weighted by molar-refractivity contribution is 8.00. The summed E-state index contributed by atoms with van der Waals surface area (Å²) >= 11 is 2.54. The number of nitrogens with zero attached hydrogens (tertiary/aromatic N) is 1. The second-order valence-electron chi connectivity index (χ2n) is 8.74. The van der Waals surface area contributed by atoms with E-state index in [0.717, 1.165) is 34.6 Å². The number of anilines is 2. The lowest BCUT2D eigenvalue weighted by Crippen LogP contribution is -2.31. The highest BCUT2D eigenvalue weighted by Gasteiger charge is 2.44. The van der Waals surface area contributed by atoms with Crippen molar-refractivity contribution in [3.05, 3.63) is 75.7 Å². The van der Waals surface area contributed by atoms with Crippen LogP contribution in [-0.4, -0.2) is 47.1 Å². The number of hydrogen-bond acceptors (Lipinski definition) is 8. The summed E-state index contributed by atoms with van der Waals surface area (Å²) in [5.74, 6) is -3.04. The van der Waals surface area contributed by atoms with Gasteiger partial charge in [0.15, 0.2) is 0 Å². The molecule has 2 aromatic carbocycles. The Balaban J connectivity index is 1.29. The molecule has 1 atom stereocenters. The van der Waals surface area contributed by atoms with Crippen LogP contribution >= 0.6 is 23.1 Å². The Hall–Kier alpha value is -3.96. The first-order valence-corrected chi connectivity index (χ1v) is 13.5. The van der Waals surface area contributed by atoms with Crippen molar-refractivity contribution in [1.29, 1.82) is 0 Å². The Morgan fingerprint density at radius 2 is 1.76 bits per heavy atom. The van der Waals surface area contributed by atoms with Gasteiger partial charge in [-0.25, -0.2) is 14.5 Å². The Kier molecular flexibility index (Phi) is 7.04. The third-order valence-electron chi connectivity index (χ3n) is 6.39. The second kappa shape index (κ2) is 10.4. The van der Waals surface area contributed by atoms with E-state index in [2.05, 4.69) is 5.32 Å². The smallest absolute Gasteiger partial charge is 0.341 e. The van der Waals surface area contributed by atoms with Crippen molar-refractivity contribution in [3.63, 3.8) is 0 Å². The normalized spacial score (nSPS) is 16.4. The summed E-state index contributed by atoms with van der Waals surface area (Å²) < 4.78 is 4.95. The Labute approximate surface area is 225 Å². The number of aryl methyl sites for hydroxylation is 1. The number of carboxylic acids is 1. The van der Waals surface area contributed by atoms with Crippen molar-refractivity contribution in [2.24, 2.45) is 0 Å². The number of hydrogen-bond donors (Lipinski definition) is 2. The van der Waals surface area contributed by atoms with Crippen LogP contribution in [0.1, 0.15) is 54.4 Å². The largest absolute Gasteiger partial charge is 0.478 e. The van der Waals surface area contributed by atoms with Crippen LogP contribution in [0.3, 0.4) is 0 Å². The topological polar surface area (TPSA) is 130 Å². The number of thioether (sulfide) groups is 1. The number of nitrogens with one attached hydrogen (secondary N) is 1.